The summed E-state index contributed by atoms with van der Waals surface area (Å²) in [6, 6.07) is 0.366. The zero-order valence-corrected chi connectivity index (χ0v) is 9.70. The van der Waals surface area contributed by atoms with Crippen LogP contribution in [0.4, 0.5) is 5.82 Å². The molecule has 4 heteroatoms. The summed E-state index contributed by atoms with van der Waals surface area (Å²) in [5.74, 6) is 1.40. The van der Waals surface area contributed by atoms with Crippen LogP contribution in [0.5, 0.6) is 0 Å². The van der Waals surface area contributed by atoms with E-state index in [4.69, 9.17) is 5.73 Å². The fraction of sp³-hybridized carbons (Fsp3) is 0.636. The number of nitrogens with two attached hydrogens (primary N) is 1. The molecule has 1 heterocycles. The highest BCUT2D eigenvalue weighted by Crippen LogP contribution is 2.14. The number of aromatic nitrogens is 2. The van der Waals surface area contributed by atoms with Gasteiger partial charge in [-0.2, -0.15) is 0 Å². The number of aryl methyl sites for hydroxylation is 1. The lowest BCUT2D eigenvalue weighted by atomic mass is 10.0. The maximum Gasteiger partial charge on any atom is 0.147 e. The van der Waals surface area contributed by atoms with E-state index in [1.807, 2.05) is 6.92 Å². The van der Waals surface area contributed by atoms with E-state index in [9.17, 15) is 0 Å². The van der Waals surface area contributed by atoms with E-state index < -0.39 is 0 Å². The molecular formula is C11H20N4. The van der Waals surface area contributed by atoms with Gasteiger partial charge in [-0.15, -0.1) is 0 Å². The fourth-order valence-corrected chi connectivity index (χ4v) is 1.48. The third-order valence-corrected chi connectivity index (χ3v) is 2.49. The monoisotopic (exact) mass is 208 g/mol. The maximum atomic E-state index is 5.58. The Hall–Kier alpha value is -1.16. The smallest absolute Gasteiger partial charge is 0.147 e. The summed E-state index contributed by atoms with van der Waals surface area (Å²) in [7, 11) is 0. The van der Waals surface area contributed by atoms with E-state index in [2.05, 4.69) is 29.1 Å². The molecular weight excluding hydrogens is 188 g/mol. The van der Waals surface area contributed by atoms with Gasteiger partial charge in [0.2, 0.25) is 0 Å². The first-order chi connectivity index (χ1) is 7.15. The van der Waals surface area contributed by atoms with Crippen molar-refractivity contribution in [2.24, 2.45) is 11.7 Å². The minimum atomic E-state index is 0.366. The first-order valence-corrected chi connectivity index (χ1v) is 5.39. The Labute approximate surface area is 91.3 Å². The standard InChI is InChI=1S/C11H20N4/c1-8(2)10(4-5-12)15-11-9(3)13-6-7-14-11/h6-8,10H,4-5,12H2,1-3H3,(H,14,15). The summed E-state index contributed by atoms with van der Waals surface area (Å²) < 4.78 is 0. The summed E-state index contributed by atoms with van der Waals surface area (Å²) in [5, 5.41) is 3.39. The number of rotatable bonds is 5. The van der Waals surface area contributed by atoms with Gasteiger partial charge in [0.1, 0.15) is 5.82 Å². The number of hydrogen-bond acceptors (Lipinski definition) is 4. The van der Waals surface area contributed by atoms with Crippen molar-refractivity contribution in [2.75, 3.05) is 11.9 Å². The summed E-state index contributed by atoms with van der Waals surface area (Å²) in [5.41, 5.74) is 6.51. The predicted molar refractivity (Wildman–Crippen MR) is 62.7 cm³/mol. The molecule has 0 aliphatic rings. The van der Waals surface area contributed by atoms with Crippen molar-refractivity contribution >= 4 is 5.82 Å². The average molecular weight is 208 g/mol. The molecule has 0 spiro atoms. The first-order valence-electron chi connectivity index (χ1n) is 5.39. The third kappa shape index (κ3) is 3.47. The van der Waals surface area contributed by atoms with E-state index in [-0.39, 0.29) is 0 Å². The van der Waals surface area contributed by atoms with Crippen LogP contribution in [0, 0.1) is 12.8 Å². The van der Waals surface area contributed by atoms with Crippen molar-refractivity contribution in [3.8, 4) is 0 Å². The van der Waals surface area contributed by atoms with Crippen molar-refractivity contribution in [1.29, 1.82) is 0 Å². The largest absolute Gasteiger partial charge is 0.366 e. The van der Waals surface area contributed by atoms with Gasteiger partial charge in [0, 0.05) is 18.4 Å². The Morgan fingerprint density at radius 3 is 2.53 bits per heavy atom. The number of nitrogens with zero attached hydrogens (tertiary/aromatic N) is 2. The van der Waals surface area contributed by atoms with Gasteiger partial charge in [-0.1, -0.05) is 13.8 Å². The number of hydrogen-bond donors (Lipinski definition) is 2. The lowest BCUT2D eigenvalue weighted by Crippen LogP contribution is -2.29. The SMILES string of the molecule is Cc1nccnc1NC(CCN)C(C)C. The van der Waals surface area contributed by atoms with Gasteiger partial charge in [-0.3, -0.25) is 4.98 Å². The fourth-order valence-electron chi connectivity index (χ4n) is 1.48. The van der Waals surface area contributed by atoms with Crippen LogP contribution >= 0.6 is 0 Å². The van der Waals surface area contributed by atoms with Crippen LogP contribution in [0.1, 0.15) is 26.0 Å². The van der Waals surface area contributed by atoms with Crippen molar-refractivity contribution in [3.05, 3.63) is 18.1 Å². The molecule has 1 aromatic heterocycles. The normalized spacial score (nSPS) is 12.9. The van der Waals surface area contributed by atoms with Crippen LogP contribution < -0.4 is 11.1 Å². The second kappa shape index (κ2) is 5.66. The van der Waals surface area contributed by atoms with Crippen LogP contribution in [-0.2, 0) is 0 Å². The second-order valence-corrected chi connectivity index (χ2v) is 4.06. The summed E-state index contributed by atoms with van der Waals surface area (Å²) in [6.07, 6.45) is 4.36. The van der Waals surface area contributed by atoms with Gasteiger partial charge in [0.05, 0.1) is 5.69 Å². The number of anilines is 1. The topological polar surface area (TPSA) is 63.8 Å². The van der Waals surface area contributed by atoms with Gasteiger partial charge in [0.15, 0.2) is 0 Å². The highest BCUT2D eigenvalue weighted by molar-refractivity contribution is 5.39. The van der Waals surface area contributed by atoms with Crippen molar-refractivity contribution < 1.29 is 0 Å². The zero-order valence-electron chi connectivity index (χ0n) is 9.70. The van der Waals surface area contributed by atoms with E-state index in [0.717, 1.165) is 17.9 Å². The van der Waals surface area contributed by atoms with Crippen LogP contribution in [0.25, 0.3) is 0 Å². The van der Waals surface area contributed by atoms with Crippen molar-refractivity contribution in [3.63, 3.8) is 0 Å². The second-order valence-electron chi connectivity index (χ2n) is 4.06. The molecule has 1 aromatic rings. The molecule has 3 N–H and O–H groups in total. The molecule has 0 aliphatic carbocycles. The maximum absolute atomic E-state index is 5.58. The van der Waals surface area contributed by atoms with E-state index in [0.29, 0.717) is 18.5 Å². The molecule has 1 atom stereocenters. The molecule has 0 amide bonds. The van der Waals surface area contributed by atoms with Gasteiger partial charge < -0.3 is 11.1 Å². The van der Waals surface area contributed by atoms with Crippen molar-refractivity contribution in [1.82, 2.24) is 9.97 Å². The van der Waals surface area contributed by atoms with E-state index >= 15 is 0 Å². The Bertz CT molecular complexity index is 298. The predicted octanol–water partition coefficient (Wildman–Crippen LogP) is 1.57. The molecule has 4 nitrogen and oxygen atoms in total. The van der Waals surface area contributed by atoms with Crippen molar-refractivity contribution in [2.45, 2.75) is 33.2 Å². The van der Waals surface area contributed by atoms with Gasteiger partial charge in [-0.25, -0.2) is 4.98 Å². The Balaban J connectivity index is 2.69. The molecule has 0 bridgehead atoms. The molecule has 0 radical (unpaired) electrons. The minimum Gasteiger partial charge on any atom is -0.366 e. The van der Waals surface area contributed by atoms with E-state index in [1.54, 1.807) is 12.4 Å². The minimum absolute atomic E-state index is 0.366. The summed E-state index contributed by atoms with van der Waals surface area (Å²) in [4.78, 5) is 8.46. The molecule has 1 rings (SSSR count). The highest BCUT2D eigenvalue weighted by atomic mass is 15.0. The molecule has 0 saturated heterocycles. The Kier molecular flexibility index (Phi) is 4.49. The molecule has 0 fully saturated rings. The zero-order chi connectivity index (χ0) is 11.3. The average Bonchev–Trinajstić information content (AvgIpc) is 2.20. The van der Waals surface area contributed by atoms with Crippen LogP contribution in [0.15, 0.2) is 12.4 Å². The molecule has 0 saturated carbocycles. The molecule has 0 aliphatic heterocycles. The molecule has 1 unspecified atom stereocenters. The summed E-state index contributed by atoms with van der Waals surface area (Å²) >= 11 is 0. The highest BCUT2D eigenvalue weighted by Gasteiger charge is 2.13. The third-order valence-electron chi connectivity index (χ3n) is 2.49. The Morgan fingerprint density at radius 2 is 2.00 bits per heavy atom. The molecule has 15 heavy (non-hydrogen) atoms. The van der Waals surface area contributed by atoms with Gasteiger partial charge >= 0.3 is 0 Å². The quantitative estimate of drug-likeness (QED) is 0.771. The van der Waals surface area contributed by atoms with Gasteiger partial charge in [0.25, 0.3) is 0 Å². The van der Waals surface area contributed by atoms with E-state index in [1.165, 1.54) is 0 Å². The summed E-state index contributed by atoms with van der Waals surface area (Å²) in [6.45, 7) is 7.00. The van der Waals surface area contributed by atoms with Crippen LogP contribution in [-0.4, -0.2) is 22.6 Å². The lowest BCUT2D eigenvalue weighted by molar-refractivity contribution is 0.497. The first kappa shape index (κ1) is 11.9. The lowest BCUT2D eigenvalue weighted by Gasteiger charge is -2.22. The van der Waals surface area contributed by atoms with Crippen LogP contribution in [0.2, 0.25) is 0 Å². The molecule has 84 valence electrons. The number of nitrogens with one attached hydrogen (secondary N) is 1. The van der Waals surface area contributed by atoms with Gasteiger partial charge in [-0.05, 0) is 25.8 Å². The van der Waals surface area contributed by atoms with Crippen LogP contribution in [0.3, 0.4) is 0 Å². The molecule has 0 aromatic carbocycles. The Morgan fingerprint density at radius 1 is 1.33 bits per heavy atom.